The summed E-state index contributed by atoms with van der Waals surface area (Å²) in [4.78, 5) is 17.5. The molecule has 3 aliphatic carbocycles. The summed E-state index contributed by atoms with van der Waals surface area (Å²) in [6.07, 6.45) is 4.43. The molecule has 1 N–H and O–H groups in total. The summed E-state index contributed by atoms with van der Waals surface area (Å²) in [5.41, 5.74) is -0.0347. The van der Waals surface area contributed by atoms with E-state index in [1.165, 1.54) is 17.1 Å². The molecule has 3 fully saturated rings. The molecule has 0 saturated heterocycles. The number of hydrogen-bond acceptors (Lipinski definition) is 5. The molecule has 6 nitrogen and oxygen atoms in total. The van der Waals surface area contributed by atoms with Gasteiger partial charge in [-0.15, -0.1) is 0 Å². The lowest BCUT2D eigenvalue weighted by Crippen LogP contribution is -2.69. The smallest absolute Gasteiger partial charge is 0.249 e. The standard InChI is InChI=1S/C22H21F2N3O3/c1-30-16-2-4-25-17(9-16)19(28)21-10-22(11-21,12-21)20(29)27-18(3-5-26-27)13-6-14(23)8-15(24)7-13/h2,4-9,18-19,28H,3,10-12H2,1H3. The number of carbonyl (C=O) groups is 1. The summed E-state index contributed by atoms with van der Waals surface area (Å²) >= 11 is 0. The van der Waals surface area contributed by atoms with Crippen LogP contribution in [0.25, 0.3) is 0 Å². The molecule has 0 spiro atoms. The van der Waals surface area contributed by atoms with Crippen molar-refractivity contribution in [2.24, 2.45) is 15.9 Å². The molecular formula is C22H21F2N3O3. The summed E-state index contributed by atoms with van der Waals surface area (Å²) in [7, 11) is 1.55. The molecule has 8 heteroatoms. The third-order valence-electron chi connectivity index (χ3n) is 6.68. The molecule has 2 bridgehead atoms. The maximum Gasteiger partial charge on any atom is 0.249 e. The Kier molecular flexibility index (Phi) is 4.18. The summed E-state index contributed by atoms with van der Waals surface area (Å²) in [5, 5.41) is 16.4. The van der Waals surface area contributed by atoms with Crippen LogP contribution in [0.4, 0.5) is 8.78 Å². The highest BCUT2D eigenvalue weighted by atomic mass is 19.1. The maximum absolute atomic E-state index is 13.7. The second-order valence-electron chi connectivity index (χ2n) is 8.60. The fourth-order valence-corrected chi connectivity index (χ4v) is 5.30. The summed E-state index contributed by atoms with van der Waals surface area (Å²) < 4.78 is 32.5. The number of methoxy groups -OCH3 is 1. The average Bonchev–Trinajstić information content (AvgIpc) is 3.15. The van der Waals surface area contributed by atoms with E-state index >= 15 is 0 Å². The van der Waals surface area contributed by atoms with E-state index < -0.39 is 29.2 Å². The fourth-order valence-electron chi connectivity index (χ4n) is 5.30. The van der Waals surface area contributed by atoms with Crippen LogP contribution in [-0.2, 0) is 4.79 Å². The van der Waals surface area contributed by atoms with E-state index in [0.717, 1.165) is 6.07 Å². The molecule has 4 aliphatic rings. The lowest BCUT2D eigenvalue weighted by molar-refractivity contribution is -0.255. The van der Waals surface area contributed by atoms with Crippen molar-refractivity contribution in [2.75, 3.05) is 7.11 Å². The van der Waals surface area contributed by atoms with Crippen LogP contribution in [0.15, 0.2) is 41.6 Å². The van der Waals surface area contributed by atoms with Gasteiger partial charge in [-0.25, -0.2) is 13.8 Å². The Morgan fingerprint density at radius 2 is 1.93 bits per heavy atom. The first-order valence-electron chi connectivity index (χ1n) is 9.86. The van der Waals surface area contributed by atoms with Gasteiger partial charge in [0, 0.05) is 36.4 Å². The van der Waals surface area contributed by atoms with Gasteiger partial charge < -0.3 is 9.84 Å². The average molecular weight is 413 g/mol. The fraction of sp³-hybridized carbons (Fsp3) is 0.409. The van der Waals surface area contributed by atoms with Gasteiger partial charge in [-0.05, 0) is 43.0 Å². The lowest BCUT2D eigenvalue weighted by atomic mass is 9.33. The molecule has 1 aliphatic heterocycles. The van der Waals surface area contributed by atoms with Crippen LogP contribution in [0.3, 0.4) is 0 Å². The van der Waals surface area contributed by atoms with E-state index in [2.05, 4.69) is 10.1 Å². The van der Waals surface area contributed by atoms with Crippen molar-refractivity contribution in [2.45, 2.75) is 37.8 Å². The second-order valence-corrected chi connectivity index (χ2v) is 8.60. The molecule has 1 aromatic heterocycles. The highest BCUT2D eigenvalue weighted by Gasteiger charge is 2.75. The van der Waals surface area contributed by atoms with Gasteiger partial charge in [-0.1, -0.05) is 0 Å². The highest BCUT2D eigenvalue weighted by molar-refractivity contribution is 5.88. The van der Waals surface area contributed by atoms with E-state index in [1.807, 2.05) is 0 Å². The molecule has 1 amide bonds. The third kappa shape index (κ3) is 2.74. The number of amides is 1. The first-order chi connectivity index (χ1) is 14.4. The molecule has 6 rings (SSSR count). The Hall–Kier alpha value is -2.87. The van der Waals surface area contributed by atoms with Gasteiger partial charge in [0.2, 0.25) is 5.91 Å². The summed E-state index contributed by atoms with van der Waals surface area (Å²) in [5.74, 6) is -0.892. The number of carbonyl (C=O) groups excluding carboxylic acids is 1. The van der Waals surface area contributed by atoms with Crippen LogP contribution in [-0.4, -0.2) is 34.3 Å². The molecule has 3 saturated carbocycles. The van der Waals surface area contributed by atoms with E-state index in [-0.39, 0.29) is 11.3 Å². The van der Waals surface area contributed by atoms with Crippen LogP contribution in [0.5, 0.6) is 5.75 Å². The van der Waals surface area contributed by atoms with Crippen LogP contribution >= 0.6 is 0 Å². The van der Waals surface area contributed by atoms with Crippen LogP contribution in [0, 0.1) is 22.5 Å². The van der Waals surface area contributed by atoms with Crippen molar-refractivity contribution in [3.8, 4) is 5.75 Å². The minimum absolute atomic E-state index is 0.154. The van der Waals surface area contributed by atoms with Gasteiger partial charge in [-0.3, -0.25) is 9.78 Å². The summed E-state index contributed by atoms with van der Waals surface area (Å²) in [6.45, 7) is 0. The number of rotatable bonds is 5. The van der Waals surface area contributed by atoms with Crippen molar-refractivity contribution in [3.05, 3.63) is 59.4 Å². The molecule has 2 heterocycles. The molecule has 156 valence electrons. The largest absolute Gasteiger partial charge is 0.497 e. The zero-order valence-electron chi connectivity index (χ0n) is 16.4. The van der Waals surface area contributed by atoms with Crippen LogP contribution < -0.4 is 4.74 Å². The van der Waals surface area contributed by atoms with E-state index in [0.29, 0.717) is 42.7 Å². The minimum atomic E-state index is -0.780. The molecule has 2 aromatic rings. The number of ether oxygens (including phenoxy) is 1. The van der Waals surface area contributed by atoms with Gasteiger partial charge in [0.15, 0.2) is 0 Å². The van der Waals surface area contributed by atoms with Crippen molar-refractivity contribution in [1.29, 1.82) is 0 Å². The number of hydrogen-bond donors (Lipinski definition) is 1. The number of benzene rings is 1. The number of aliphatic hydroxyl groups is 1. The Morgan fingerprint density at radius 3 is 2.60 bits per heavy atom. The predicted molar refractivity (Wildman–Crippen MR) is 104 cm³/mol. The molecule has 30 heavy (non-hydrogen) atoms. The first kappa shape index (κ1) is 19.1. The predicted octanol–water partition coefficient (Wildman–Crippen LogP) is 3.53. The Bertz CT molecular complexity index is 1020. The zero-order valence-corrected chi connectivity index (χ0v) is 16.4. The van der Waals surface area contributed by atoms with E-state index in [9.17, 15) is 18.7 Å². The van der Waals surface area contributed by atoms with Crippen molar-refractivity contribution in [1.82, 2.24) is 9.99 Å². The number of nitrogens with zero attached hydrogens (tertiary/aromatic N) is 3. The van der Waals surface area contributed by atoms with Crippen molar-refractivity contribution in [3.63, 3.8) is 0 Å². The molecule has 0 radical (unpaired) electrons. The Balaban J connectivity index is 1.31. The Morgan fingerprint density at radius 1 is 1.23 bits per heavy atom. The van der Waals surface area contributed by atoms with Crippen molar-refractivity contribution >= 4 is 12.1 Å². The van der Waals surface area contributed by atoms with E-state index in [4.69, 9.17) is 4.74 Å². The molecule has 1 aromatic carbocycles. The van der Waals surface area contributed by atoms with Crippen LogP contribution in [0.1, 0.15) is 49.1 Å². The van der Waals surface area contributed by atoms with Gasteiger partial charge >= 0.3 is 0 Å². The maximum atomic E-state index is 13.7. The topological polar surface area (TPSA) is 75.0 Å². The number of pyridine rings is 1. The zero-order chi connectivity index (χ0) is 21.1. The SMILES string of the molecule is COc1ccnc(C(O)C23CC(C(=O)N4N=CCC4c4cc(F)cc(F)c4)(C2)C3)c1. The third-order valence-corrected chi connectivity index (χ3v) is 6.68. The quantitative estimate of drug-likeness (QED) is 0.814. The lowest BCUT2D eigenvalue weighted by Gasteiger charge is -2.71. The monoisotopic (exact) mass is 413 g/mol. The number of aromatic nitrogens is 1. The number of hydrazone groups is 1. The molecular weight excluding hydrogens is 392 g/mol. The van der Waals surface area contributed by atoms with Crippen LogP contribution in [0.2, 0.25) is 0 Å². The molecule has 2 unspecified atom stereocenters. The summed E-state index contributed by atoms with van der Waals surface area (Å²) in [6, 6.07) is 6.19. The van der Waals surface area contributed by atoms with Gasteiger partial charge in [0.25, 0.3) is 0 Å². The van der Waals surface area contributed by atoms with Gasteiger partial charge in [0.1, 0.15) is 23.5 Å². The van der Waals surface area contributed by atoms with Gasteiger partial charge in [-0.2, -0.15) is 5.10 Å². The highest BCUT2D eigenvalue weighted by Crippen LogP contribution is 2.78. The van der Waals surface area contributed by atoms with Crippen molar-refractivity contribution < 1.29 is 23.4 Å². The second kappa shape index (κ2) is 6.57. The molecule has 2 atom stereocenters. The normalized spacial score (nSPS) is 29.9. The number of halogens is 2. The number of aliphatic hydroxyl groups excluding tert-OH is 1. The minimum Gasteiger partial charge on any atom is -0.497 e. The Labute approximate surface area is 172 Å². The first-order valence-corrected chi connectivity index (χ1v) is 9.86. The van der Waals surface area contributed by atoms with E-state index in [1.54, 1.807) is 31.7 Å². The van der Waals surface area contributed by atoms with Gasteiger partial charge in [0.05, 0.1) is 24.3 Å².